The van der Waals surface area contributed by atoms with Crippen molar-refractivity contribution in [3.05, 3.63) is 48.3 Å². The molecule has 1 fully saturated rings. The van der Waals surface area contributed by atoms with Crippen molar-refractivity contribution in [1.29, 1.82) is 0 Å². The highest BCUT2D eigenvalue weighted by atomic mass is 16.2. The molecule has 0 unspecified atom stereocenters. The number of nitrogens with one attached hydrogen (secondary N) is 1. The Labute approximate surface area is 148 Å². The summed E-state index contributed by atoms with van der Waals surface area (Å²) in [6.45, 7) is 6.35. The standard InChI is InChI=1S/C19H25N5O/c1-3-24(17-9-7-15(2)8-10-17)22-18(25)16-6-4-13-23(14-16)19-20-11-5-12-21-19/h5,7-12,16H,3-4,6,13-14H2,1-2H3,(H,22,25)/t16-/m1/s1. The molecule has 2 aromatic rings. The van der Waals surface area contributed by atoms with E-state index in [1.807, 2.05) is 24.1 Å². The second-order valence-electron chi connectivity index (χ2n) is 6.39. The van der Waals surface area contributed by atoms with Crippen LogP contribution in [0.25, 0.3) is 0 Å². The van der Waals surface area contributed by atoms with Crippen molar-refractivity contribution in [3.8, 4) is 0 Å². The number of carbonyl (C=O) groups excluding carboxylic acids is 1. The maximum atomic E-state index is 12.8. The molecule has 0 saturated carbocycles. The van der Waals surface area contributed by atoms with Gasteiger partial charge in [-0.25, -0.2) is 9.97 Å². The Morgan fingerprint density at radius 1 is 1.28 bits per heavy atom. The maximum Gasteiger partial charge on any atom is 0.243 e. The van der Waals surface area contributed by atoms with Crippen LogP contribution in [-0.2, 0) is 4.79 Å². The number of hydrogen-bond donors (Lipinski definition) is 1. The molecule has 0 radical (unpaired) electrons. The van der Waals surface area contributed by atoms with Crippen LogP contribution in [0.3, 0.4) is 0 Å². The van der Waals surface area contributed by atoms with Crippen LogP contribution in [-0.4, -0.2) is 35.5 Å². The van der Waals surface area contributed by atoms with Gasteiger partial charge in [-0.1, -0.05) is 17.7 Å². The predicted molar refractivity (Wildman–Crippen MR) is 99.3 cm³/mol. The van der Waals surface area contributed by atoms with E-state index in [-0.39, 0.29) is 11.8 Å². The lowest BCUT2D eigenvalue weighted by Gasteiger charge is -2.33. The molecule has 1 aliphatic rings. The van der Waals surface area contributed by atoms with Crippen molar-refractivity contribution in [2.45, 2.75) is 26.7 Å². The summed E-state index contributed by atoms with van der Waals surface area (Å²) in [7, 11) is 0. The molecule has 3 rings (SSSR count). The molecule has 1 aromatic carbocycles. The topological polar surface area (TPSA) is 61.4 Å². The zero-order valence-electron chi connectivity index (χ0n) is 14.9. The highest BCUT2D eigenvalue weighted by Gasteiger charge is 2.28. The molecule has 132 valence electrons. The van der Waals surface area contributed by atoms with E-state index in [2.05, 4.69) is 39.4 Å². The Kier molecular flexibility index (Phi) is 5.48. The van der Waals surface area contributed by atoms with Crippen LogP contribution in [0.4, 0.5) is 11.6 Å². The van der Waals surface area contributed by atoms with Crippen molar-refractivity contribution < 1.29 is 4.79 Å². The summed E-state index contributed by atoms with van der Waals surface area (Å²) in [4.78, 5) is 23.5. The zero-order valence-corrected chi connectivity index (χ0v) is 14.9. The monoisotopic (exact) mass is 339 g/mol. The molecule has 6 nitrogen and oxygen atoms in total. The van der Waals surface area contributed by atoms with Gasteiger partial charge >= 0.3 is 0 Å². The molecule has 1 atom stereocenters. The molecule has 1 saturated heterocycles. The zero-order chi connectivity index (χ0) is 17.6. The number of piperidine rings is 1. The van der Waals surface area contributed by atoms with Gasteiger partial charge < -0.3 is 4.90 Å². The largest absolute Gasteiger partial charge is 0.340 e. The minimum atomic E-state index is -0.0583. The van der Waals surface area contributed by atoms with Gasteiger partial charge in [-0.3, -0.25) is 15.2 Å². The summed E-state index contributed by atoms with van der Waals surface area (Å²) in [5.74, 6) is 0.700. The van der Waals surface area contributed by atoms with Gasteiger partial charge in [-0.05, 0) is 44.9 Å². The molecule has 1 amide bonds. The minimum absolute atomic E-state index is 0.0583. The Hall–Kier alpha value is -2.63. The average molecular weight is 339 g/mol. The normalized spacial score (nSPS) is 17.2. The lowest BCUT2D eigenvalue weighted by molar-refractivity contribution is -0.125. The van der Waals surface area contributed by atoms with Crippen LogP contribution in [0.2, 0.25) is 0 Å². The second kappa shape index (κ2) is 7.96. The first-order valence-electron chi connectivity index (χ1n) is 8.84. The maximum absolute atomic E-state index is 12.8. The highest BCUT2D eigenvalue weighted by molar-refractivity contribution is 5.81. The second-order valence-corrected chi connectivity index (χ2v) is 6.39. The van der Waals surface area contributed by atoms with E-state index in [9.17, 15) is 4.79 Å². The van der Waals surface area contributed by atoms with E-state index < -0.39 is 0 Å². The van der Waals surface area contributed by atoms with Gasteiger partial charge in [-0.15, -0.1) is 0 Å². The molecule has 1 N–H and O–H groups in total. The fourth-order valence-electron chi connectivity index (χ4n) is 3.10. The van der Waals surface area contributed by atoms with E-state index in [4.69, 9.17) is 0 Å². The molecule has 0 spiro atoms. The smallest absolute Gasteiger partial charge is 0.243 e. The third kappa shape index (κ3) is 4.26. The number of aromatic nitrogens is 2. The summed E-state index contributed by atoms with van der Waals surface area (Å²) in [6, 6.07) is 9.98. The van der Waals surface area contributed by atoms with Crippen LogP contribution in [0.1, 0.15) is 25.3 Å². The van der Waals surface area contributed by atoms with Gasteiger partial charge in [0, 0.05) is 32.0 Å². The number of benzene rings is 1. The molecule has 25 heavy (non-hydrogen) atoms. The molecule has 2 heterocycles. The number of hydrazine groups is 1. The number of amides is 1. The first-order chi connectivity index (χ1) is 12.2. The number of nitrogens with zero attached hydrogens (tertiary/aromatic N) is 4. The van der Waals surface area contributed by atoms with Crippen molar-refractivity contribution in [2.75, 3.05) is 29.5 Å². The van der Waals surface area contributed by atoms with Gasteiger partial charge in [0.15, 0.2) is 0 Å². The summed E-state index contributed by atoms with van der Waals surface area (Å²) < 4.78 is 0. The number of aryl methyl sites for hydroxylation is 1. The van der Waals surface area contributed by atoms with Gasteiger partial charge in [0.1, 0.15) is 0 Å². The van der Waals surface area contributed by atoms with Gasteiger partial charge in [0.05, 0.1) is 11.6 Å². The lowest BCUT2D eigenvalue weighted by Crippen LogP contribution is -2.49. The molecular weight excluding hydrogens is 314 g/mol. The fraction of sp³-hybridized carbons (Fsp3) is 0.421. The molecule has 0 bridgehead atoms. The van der Waals surface area contributed by atoms with Crippen molar-refractivity contribution >= 4 is 17.5 Å². The van der Waals surface area contributed by atoms with E-state index >= 15 is 0 Å². The van der Waals surface area contributed by atoms with Crippen molar-refractivity contribution in [2.24, 2.45) is 5.92 Å². The van der Waals surface area contributed by atoms with Gasteiger partial charge in [-0.2, -0.15) is 0 Å². The number of rotatable bonds is 5. The van der Waals surface area contributed by atoms with Crippen LogP contribution < -0.4 is 15.3 Å². The summed E-state index contributed by atoms with van der Waals surface area (Å²) in [6.07, 6.45) is 5.33. The Balaban J connectivity index is 1.64. The summed E-state index contributed by atoms with van der Waals surface area (Å²) in [5.41, 5.74) is 5.28. The summed E-state index contributed by atoms with van der Waals surface area (Å²) >= 11 is 0. The average Bonchev–Trinajstić information content (AvgIpc) is 2.67. The number of hydrogen-bond acceptors (Lipinski definition) is 5. The molecule has 1 aliphatic heterocycles. The van der Waals surface area contributed by atoms with Gasteiger partial charge in [0.2, 0.25) is 11.9 Å². The lowest BCUT2D eigenvalue weighted by atomic mass is 9.97. The Bertz CT molecular complexity index is 689. The fourth-order valence-corrected chi connectivity index (χ4v) is 3.10. The first kappa shape index (κ1) is 17.2. The minimum Gasteiger partial charge on any atom is -0.340 e. The number of anilines is 2. The van der Waals surface area contributed by atoms with Crippen LogP contribution in [0.5, 0.6) is 0 Å². The quantitative estimate of drug-likeness (QED) is 0.848. The van der Waals surface area contributed by atoms with E-state index in [1.165, 1.54) is 5.56 Å². The van der Waals surface area contributed by atoms with E-state index in [1.54, 1.807) is 18.5 Å². The van der Waals surface area contributed by atoms with E-state index in [0.29, 0.717) is 19.0 Å². The molecule has 1 aromatic heterocycles. The van der Waals surface area contributed by atoms with Crippen LogP contribution >= 0.6 is 0 Å². The number of carbonyl (C=O) groups is 1. The summed E-state index contributed by atoms with van der Waals surface area (Å²) in [5, 5.41) is 1.90. The Morgan fingerprint density at radius 3 is 2.68 bits per heavy atom. The highest BCUT2D eigenvalue weighted by Crippen LogP contribution is 2.21. The van der Waals surface area contributed by atoms with Crippen molar-refractivity contribution in [1.82, 2.24) is 15.4 Å². The molecule has 0 aliphatic carbocycles. The Morgan fingerprint density at radius 2 is 2.00 bits per heavy atom. The van der Waals surface area contributed by atoms with Crippen LogP contribution in [0, 0.1) is 12.8 Å². The third-order valence-corrected chi connectivity index (χ3v) is 4.53. The third-order valence-electron chi connectivity index (χ3n) is 4.53. The predicted octanol–water partition coefficient (Wildman–Crippen LogP) is 2.56. The van der Waals surface area contributed by atoms with Crippen LogP contribution in [0.15, 0.2) is 42.7 Å². The first-order valence-corrected chi connectivity index (χ1v) is 8.84. The SMILES string of the molecule is CCN(NC(=O)[C@@H]1CCCN(c2ncccn2)C1)c1ccc(C)cc1. The molecule has 6 heteroatoms. The van der Waals surface area contributed by atoms with Gasteiger partial charge in [0.25, 0.3) is 0 Å². The molecular formula is C19H25N5O. The van der Waals surface area contributed by atoms with Crippen molar-refractivity contribution in [3.63, 3.8) is 0 Å². The van der Waals surface area contributed by atoms with E-state index in [0.717, 1.165) is 25.1 Å².